The molecule has 0 aliphatic heterocycles. The summed E-state index contributed by atoms with van der Waals surface area (Å²) >= 11 is 0. The van der Waals surface area contributed by atoms with Crippen molar-refractivity contribution in [1.29, 1.82) is 0 Å². The lowest BCUT2D eigenvalue weighted by Gasteiger charge is -2.16. The predicted octanol–water partition coefficient (Wildman–Crippen LogP) is 1.89. The Labute approximate surface area is 139 Å². The van der Waals surface area contributed by atoms with Crippen molar-refractivity contribution in [3.05, 3.63) is 35.4 Å². The van der Waals surface area contributed by atoms with Crippen LogP contribution in [-0.2, 0) is 21.2 Å². The predicted molar refractivity (Wildman–Crippen MR) is 91.8 cm³/mol. The van der Waals surface area contributed by atoms with E-state index in [9.17, 15) is 13.2 Å². The Morgan fingerprint density at radius 1 is 1.35 bits per heavy atom. The lowest BCUT2D eigenvalue weighted by molar-refractivity contribution is -0.121. The number of sulfonamides is 1. The molecule has 0 aromatic heterocycles. The van der Waals surface area contributed by atoms with Crippen molar-refractivity contribution in [3.63, 3.8) is 0 Å². The average Bonchev–Trinajstić information content (AvgIpc) is 2.94. The summed E-state index contributed by atoms with van der Waals surface area (Å²) in [4.78, 5) is 12.1. The van der Waals surface area contributed by atoms with Crippen molar-refractivity contribution >= 4 is 15.9 Å². The molecule has 0 radical (unpaired) electrons. The van der Waals surface area contributed by atoms with Gasteiger partial charge in [0.05, 0.1) is 5.75 Å². The van der Waals surface area contributed by atoms with E-state index in [1.165, 1.54) is 15.4 Å². The Morgan fingerprint density at radius 3 is 2.83 bits per heavy atom. The zero-order valence-corrected chi connectivity index (χ0v) is 14.7. The van der Waals surface area contributed by atoms with Crippen LogP contribution >= 0.6 is 0 Å². The van der Waals surface area contributed by atoms with Crippen molar-refractivity contribution in [3.8, 4) is 0 Å². The number of nitrogens with zero attached hydrogens (tertiary/aromatic N) is 1. The first kappa shape index (κ1) is 17.9. The third kappa shape index (κ3) is 4.78. The number of aryl methyl sites for hydroxylation is 1. The summed E-state index contributed by atoms with van der Waals surface area (Å²) in [5, 5.41) is 2.90. The quantitative estimate of drug-likeness (QED) is 0.736. The average molecular weight is 338 g/mol. The summed E-state index contributed by atoms with van der Waals surface area (Å²) < 4.78 is 24.6. The van der Waals surface area contributed by atoms with Crippen LogP contribution in [0.1, 0.15) is 43.2 Å². The van der Waals surface area contributed by atoms with Crippen LogP contribution < -0.4 is 5.32 Å². The van der Waals surface area contributed by atoms with Crippen LogP contribution in [-0.4, -0.2) is 44.5 Å². The van der Waals surface area contributed by atoms with Gasteiger partial charge in [0.2, 0.25) is 15.9 Å². The normalized spacial score (nSPS) is 17.3. The van der Waals surface area contributed by atoms with Gasteiger partial charge in [-0.05, 0) is 43.2 Å². The maximum Gasteiger partial charge on any atom is 0.220 e. The fourth-order valence-corrected chi connectivity index (χ4v) is 3.89. The maximum atomic E-state index is 12.1. The molecular formula is C17H26N2O3S. The molecule has 0 unspecified atom stereocenters. The van der Waals surface area contributed by atoms with Crippen molar-refractivity contribution < 1.29 is 13.2 Å². The van der Waals surface area contributed by atoms with Gasteiger partial charge in [-0.3, -0.25) is 4.79 Å². The number of amides is 1. The van der Waals surface area contributed by atoms with Gasteiger partial charge < -0.3 is 5.32 Å². The van der Waals surface area contributed by atoms with E-state index in [2.05, 4.69) is 17.4 Å². The number of benzene rings is 1. The lowest BCUT2D eigenvalue weighted by Crippen LogP contribution is -2.32. The summed E-state index contributed by atoms with van der Waals surface area (Å²) in [5.41, 5.74) is 2.66. The molecule has 128 valence electrons. The summed E-state index contributed by atoms with van der Waals surface area (Å²) in [5.74, 6) is 0.471. The molecule has 2 rings (SSSR count). The molecule has 1 amide bonds. The minimum Gasteiger partial charge on any atom is -0.356 e. The molecule has 0 bridgehead atoms. The van der Waals surface area contributed by atoms with Crippen LogP contribution in [0.25, 0.3) is 0 Å². The number of carbonyl (C=O) groups is 1. The number of fused-ring (bicyclic) bond motifs is 1. The molecular weight excluding hydrogens is 312 g/mol. The van der Waals surface area contributed by atoms with E-state index < -0.39 is 10.0 Å². The Kier molecular flexibility index (Phi) is 6.18. The fourth-order valence-electron chi connectivity index (χ4n) is 3.04. The molecule has 1 aromatic carbocycles. The van der Waals surface area contributed by atoms with Gasteiger partial charge in [0.15, 0.2) is 0 Å². The highest BCUT2D eigenvalue weighted by Crippen LogP contribution is 2.34. The molecule has 1 aliphatic carbocycles. The van der Waals surface area contributed by atoms with E-state index in [-0.39, 0.29) is 11.7 Å². The molecule has 6 heteroatoms. The van der Waals surface area contributed by atoms with Crippen LogP contribution in [0.3, 0.4) is 0 Å². The second-order valence-corrected chi connectivity index (χ2v) is 8.43. The minimum atomic E-state index is -3.13. The van der Waals surface area contributed by atoms with Gasteiger partial charge in [-0.2, -0.15) is 0 Å². The van der Waals surface area contributed by atoms with Crippen molar-refractivity contribution in [2.45, 2.75) is 38.5 Å². The highest BCUT2D eigenvalue weighted by Gasteiger charge is 2.24. The Balaban J connectivity index is 1.71. The van der Waals surface area contributed by atoms with Gasteiger partial charge in [0.25, 0.3) is 0 Å². The molecule has 5 nitrogen and oxygen atoms in total. The Hall–Kier alpha value is -1.40. The molecule has 1 atom stereocenters. The molecule has 23 heavy (non-hydrogen) atoms. The number of nitrogens with one attached hydrogen (secondary N) is 1. The number of hydrogen-bond acceptors (Lipinski definition) is 3. The van der Waals surface area contributed by atoms with Crippen LogP contribution in [0, 0.1) is 0 Å². The van der Waals surface area contributed by atoms with E-state index in [1.807, 2.05) is 12.1 Å². The fraction of sp³-hybridized carbons (Fsp3) is 0.588. The van der Waals surface area contributed by atoms with Crippen LogP contribution in [0.15, 0.2) is 24.3 Å². The third-order valence-corrected chi connectivity index (χ3v) is 6.36. The molecule has 0 saturated heterocycles. The first-order valence-corrected chi connectivity index (χ1v) is 9.83. The number of hydrogen-bond donors (Lipinski definition) is 1. The van der Waals surface area contributed by atoms with Gasteiger partial charge >= 0.3 is 0 Å². The zero-order chi connectivity index (χ0) is 16.9. The summed E-state index contributed by atoms with van der Waals surface area (Å²) in [6, 6.07) is 8.32. The summed E-state index contributed by atoms with van der Waals surface area (Å²) in [7, 11) is -1.55. The number of rotatable bonds is 8. The van der Waals surface area contributed by atoms with E-state index in [0.717, 1.165) is 12.8 Å². The molecule has 0 saturated carbocycles. The second-order valence-electron chi connectivity index (χ2n) is 6.06. The topological polar surface area (TPSA) is 66.5 Å². The van der Waals surface area contributed by atoms with Crippen molar-refractivity contribution in [2.24, 2.45) is 0 Å². The molecule has 0 heterocycles. The largest absolute Gasteiger partial charge is 0.356 e. The van der Waals surface area contributed by atoms with Crippen molar-refractivity contribution in [2.75, 3.05) is 25.9 Å². The van der Waals surface area contributed by atoms with Crippen LogP contribution in [0.5, 0.6) is 0 Å². The van der Waals surface area contributed by atoms with Crippen LogP contribution in [0.4, 0.5) is 0 Å². The van der Waals surface area contributed by atoms with E-state index >= 15 is 0 Å². The summed E-state index contributed by atoms with van der Waals surface area (Å²) in [6.45, 7) is 2.58. The van der Waals surface area contributed by atoms with Gasteiger partial charge in [0, 0.05) is 26.6 Å². The maximum absolute atomic E-state index is 12.1. The molecule has 1 N–H and O–H groups in total. The van der Waals surface area contributed by atoms with Crippen LogP contribution in [0.2, 0.25) is 0 Å². The van der Waals surface area contributed by atoms with E-state index in [4.69, 9.17) is 0 Å². The van der Waals surface area contributed by atoms with Gasteiger partial charge in [-0.1, -0.05) is 24.3 Å². The van der Waals surface area contributed by atoms with Crippen molar-refractivity contribution in [1.82, 2.24) is 9.62 Å². The standard InChI is InChI=1S/C17H26N2O3S/c1-3-23(21,22)19(2)12-6-11-18-17(20)13-15-10-9-14-7-4-5-8-16(14)15/h4-5,7-8,15H,3,6,9-13H2,1-2H3,(H,18,20)/t15-/m1/s1. The van der Waals surface area contributed by atoms with Gasteiger partial charge in [-0.25, -0.2) is 12.7 Å². The molecule has 0 fully saturated rings. The SMILES string of the molecule is CCS(=O)(=O)N(C)CCCNC(=O)C[C@H]1CCc2ccccc21. The Morgan fingerprint density at radius 2 is 2.09 bits per heavy atom. The highest BCUT2D eigenvalue weighted by atomic mass is 32.2. The molecule has 0 spiro atoms. The highest BCUT2D eigenvalue weighted by molar-refractivity contribution is 7.89. The first-order chi connectivity index (χ1) is 10.9. The minimum absolute atomic E-state index is 0.0488. The van der Waals surface area contributed by atoms with Gasteiger partial charge in [0.1, 0.15) is 0 Å². The monoisotopic (exact) mass is 338 g/mol. The second kappa shape index (κ2) is 7.93. The molecule has 1 aliphatic rings. The lowest BCUT2D eigenvalue weighted by atomic mass is 9.97. The third-order valence-electron chi connectivity index (χ3n) is 4.50. The van der Waals surface area contributed by atoms with Gasteiger partial charge in [-0.15, -0.1) is 0 Å². The Bertz CT molecular complexity index is 643. The number of carbonyl (C=O) groups excluding carboxylic acids is 1. The molecule has 1 aromatic rings. The zero-order valence-electron chi connectivity index (χ0n) is 13.9. The summed E-state index contributed by atoms with van der Waals surface area (Å²) in [6.07, 6.45) is 3.22. The van der Waals surface area contributed by atoms with E-state index in [1.54, 1.807) is 14.0 Å². The van der Waals surface area contributed by atoms with E-state index in [0.29, 0.717) is 31.8 Å². The first-order valence-electron chi connectivity index (χ1n) is 8.22. The smallest absolute Gasteiger partial charge is 0.220 e.